The van der Waals surface area contributed by atoms with Crippen molar-refractivity contribution in [3.05, 3.63) is 59.7 Å². The maximum absolute atomic E-state index is 13.0. The van der Waals surface area contributed by atoms with E-state index >= 15 is 0 Å². The van der Waals surface area contributed by atoms with Crippen molar-refractivity contribution in [3.63, 3.8) is 0 Å². The monoisotopic (exact) mass is 385 g/mol. The molecule has 2 rings (SSSR count). The van der Waals surface area contributed by atoms with Gasteiger partial charge in [-0.25, -0.2) is 9.97 Å². The quantitative estimate of drug-likeness (QED) is 0.580. The maximum atomic E-state index is 13.0. The maximum Gasteiger partial charge on any atom is 0.227 e. The van der Waals surface area contributed by atoms with E-state index in [4.69, 9.17) is 9.47 Å². The summed E-state index contributed by atoms with van der Waals surface area (Å²) in [6.07, 6.45) is 3.04. The molecule has 1 aromatic carbocycles. The molecule has 0 radical (unpaired) electrons. The van der Waals surface area contributed by atoms with Crippen molar-refractivity contribution in [1.82, 2.24) is 14.9 Å². The minimum Gasteiger partial charge on any atom is -0.347 e. The van der Waals surface area contributed by atoms with Gasteiger partial charge in [0.05, 0.1) is 12.5 Å². The molecule has 6 heteroatoms. The number of hydrogen-bond acceptors (Lipinski definition) is 5. The second-order valence-electron chi connectivity index (χ2n) is 6.96. The van der Waals surface area contributed by atoms with E-state index in [0.717, 1.165) is 11.1 Å². The molecule has 0 bridgehead atoms. The predicted molar refractivity (Wildman–Crippen MR) is 109 cm³/mol. The minimum absolute atomic E-state index is 0.0454. The molecule has 1 heterocycles. The lowest BCUT2D eigenvalue weighted by Gasteiger charge is -2.33. The fraction of sp³-hybridized carbons (Fsp3) is 0.500. The number of nitrogens with zero attached hydrogens (tertiary/aromatic N) is 3. The highest BCUT2D eigenvalue weighted by Gasteiger charge is 2.30. The summed E-state index contributed by atoms with van der Waals surface area (Å²) in [5.41, 5.74) is 2.53. The summed E-state index contributed by atoms with van der Waals surface area (Å²) in [7, 11) is 1.84. The summed E-state index contributed by atoms with van der Waals surface area (Å²) in [5, 5.41) is 0. The van der Waals surface area contributed by atoms with Crippen LogP contribution in [-0.4, -0.2) is 41.0 Å². The zero-order chi connectivity index (χ0) is 20.5. The number of amides is 1. The minimum atomic E-state index is -0.577. The Morgan fingerprint density at radius 1 is 1.11 bits per heavy atom. The molecule has 152 valence electrons. The zero-order valence-corrected chi connectivity index (χ0v) is 17.5. The first-order chi connectivity index (χ1) is 13.5. The van der Waals surface area contributed by atoms with Crippen molar-refractivity contribution in [2.45, 2.75) is 46.4 Å². The van der Waals surface area contributed by atoms with E-state index in [2.05, 4.69) is 23.8 Å². The molecule has 0 aliphatic heterocycles. The van der Waals surface area contributed by atoms with Crippen LogP contribution in [0.25, 0.3) is 0 Å². The molecule has 0 spiro atoms. The smallest absolute Gasteiger partial charge is 0.227 e. The van der Waals surface area contributed by atoms with E-state index in [0.29, 0.717) is 25.3 Å². The van der Waals surface area contributed by atoms with E-state index in [1.165, 1.54) is 6.33 Å². The van der Waals surface area contributed by atoms with E-state index in [9.17, 15) is 4.79 Å². The number of benzene rings is 1. The van der Waals surface area contributed by atoms with Crippen molar-refractivity contribution < 1.29 is 14.3 Å². The Balaban J connectivity index is 2.34. The van der Waals surface area contributed by atoms with Crippen molar-refractivity contribution in [3.8, 4) is 0 Å². The Morgan fingerprint density at radius 2 is 1.75 bits per heavy atom. The molecule has 0 N–H and O–H groups in total. The summed E-state index contributed by atoms with van der Waals surface area (Å²) < 4.78 is 11.5. The van der Waals surface area contributed by atoms with Crippen molar-refractivity contribution in [1.29, 1.82) is 0 Å². The zero-order valence-electron chi connectivity index (χ0n) is 17.5. The highest BCUT2D eigenvalue weighted by Crippen LogP contribution is 2.33. The van der Waals surface area contributed by atoms with Gasteiger partial charge in [-0.1, -0.05) is 44.2 Å². The number of carbonyl (C=O) groups excluding carboxylic acids is 1. The molecular formula is C22H31N3O3. The van der Waals surface area contributed by atoms with Crippen LogP contribution in [0.2, 0.25) is 0 Å². The number of hydrogen-bond donors (Lipinski definition) is 0. The molecule has 0 saturated heterocycles. The van der Waals surface area contributed by atoms with Crippen molar-refractivity contribution in [2.24, 2.45) is 5.92 Å². The summed E-state index contributed by atoms with van der Waals surface area (Å²) in [4.78, 5) is 23.4. The van der Waals surface area contributed by atoms with Crippen LogP contribution in [0, 0.1) is 5.92 Å². The van der Waals surface area contributed by atoms with Gasteiger partial charge >= 0.3 is 0 Å². The lowest BCUT2D eigenvalue weighted by Crippen LogP contribution is -2.36. The van der Waals surface area contributed by atoms with Crippen molar-refractivity contribution in [2.75, 3.05) is 20.3 Å². The molecule has 2 aromatic rings. The van der Waals surface area contributed by atoms with E-state index < -0.39 is 6.29 Å². The van der Waals surface area contributed by atoms with Gasteiger partial charge in [-0.3, -0.25) is 4.79 Å². The van der Waals surface area contributed by atoms with Crippen LogP contribution in [0.3, 0.4) is 0 Å². The number of aromatic nitrogens is 2. The number of carbonyl (C=O) groups is 1. The molecule has 1 amide bonds. The van der Waals surface area contributed by atoms with E-state index in [1.54, 1.807) is 11.1 Å². The number of rotatable bonds is 10. The third-order valence-electron chi connectivity index (χ3n) is 4.59. The van der Waals surface area contributed by atoms with Gasteiger partial charge in [-0.15, -0.1) is 0 Å². The molecule has 1 unspecified atom stereocenters. The molecular weight excluding hydrogens is 354 g/mol. The largest absolute Gasteiger partial charge is 0.347 e. The van der Waals surface area contributed by atoms with Crippen LogP contribution in [0.5, 0.6) is 0 Å². The van der Waals surface area contributed by atoms with Crippen LogP contribution in [0.1, 0.15) is 56.8 Å². The van der Waals surface area contributed by atoms with Crippen molar-refractivity contribution >= 4 is 5.91 Å². The third kappa shape index (κ3) is 5.59. The lowest BCUT2D eigenvalue weighted by molar-refractivity contribution is -0.144. The SMILES string of the molecule is CCOC(OCC)c1ncncc1C(C(C)C)N(C)C(=O)Cc1ccccc1. The summed E-state index contributed by atoms with van der Waals surface area (Å²) in [5.74, 6) is 0.211. The second-order valence-corrected chi connectivity index (χ2v) is 6.96. The van der Waals surface area contributed by atoms with Gasteiger partial charge in [0.25, 0.3) is 0 Å². The highest BCUT2D eigenvalue weighted by molar-refractivity contribution is 5.79. The topological polar surface area (TPSA) is 64.6 Å². The van der Waals surface area contributed by atoms with Gasteiger partial charge in [0.2, 0.25) is 12.2 Å². The summed E-state index contributed by atoms with van der Waals surface area (Å²) in [6.45, 7) is 9.02. The second kappa shape index (κ2) is 10.9. The standard InChI is InChI=1S/C22H31N3O3/c1-6-27-22(28-7-2)20-18(14-23-15-24-20)21(16(3)4)25(5)19(26)13-17-11-9-8-10-12-17/h8-12,14-16,21-22H,6-7,13H2,1-5H3. The normalized spacial score (nSPS) is 12.4. The van der Waals surface area contributed by atoms with E-state index in [1.807, 2.05) is 51.2 Å². The Morgan fingerprint density at radius 3 is 2.32 bits per heavy atom. The van der Waals surface area contributed by atoms with Gasteiger partial charge in [-0.2, -0.15) is 0 Å². The predicted octanol–water partition coefficient (Wildman–Crippen LogP) is 3.95. The first kappa shape index (κ1) is 22.0. The van der Waals surface area contributed by atoms with Crippen LogP contribution < -0.4 is 0 Å². The molecule has 28 heavy (non-hydrogen) atoms. The van der Waals surface area contributed by atoms with Gasteiger partial charge in [-0.05, 0) is 25.3 Å². The Labute approximate surface area is 167 Å². The van der Waals surface area contributed by atoms with Gasteiger partial charge in [0, 0.05) is 32.0 Å². The number of likely N-dealkylation sites (N-methyl/N-ethyl adjacent to an activating group) is 1. The molecule has 1 atom stereocenters. The van der Waals surface area contributed by atoms with Gasteiger partial charge in [0.15, 0.2) is 0 Å². The third-order valence-corrected chi connectivity index (χ3v) is 4.59. The molecule has 0 aliphatic carbocycles. The average molecular weight is 386 g/mol. The summed E-state index contributed by atoms with van der Waals surface area (Å²) in [6, 6.07) is 9.58. The molecule has 1 aromatic heterocycles. The van der Waals surface area contributed by atoms with Crippen LogP contribution in [-0.2, 0) is 20.7 Å². The Kier molecular flexibility index (Phi) is 8.54. The lowest BCUT2D eigenvalue weighted by atomic mass is 9.93. The first-order valence-corrected chi connectivity index (χ1v) is 9.82. The molecule has 0 saturated carbocycles. The van der Waals surface area contributed by atoms with Crippen LogP contribution >= 0.6 is 0 Å². The summed E-state index contributed by atoms with van der Waals surface area (Å²) >= 11 is 0. The van der Waals surface area contributed by atoms with E-state index in [-0.39, 0.29) is 17.9 Å². The van der Waals surface area contributed by atoms with Crippen LogP contribution in [0.4, 0.5) is 0 Å². The first-order valence-electron chi connectivity index (χ1n) is 9.82. The van der Waals surface area contributed by atoms with Gasteiger partial charge in [0.1, 0.15) is 12.0 Å². The number of ether oxygens (including phenoxy) is 2. The molecule has 0 aliphatic rings. The Hall–Kier alpha value is -2.31. The highest BCUT2D eigenvalue weighted by atomic mass is 16.7. The molecule has 6 nitrogen and oxygen atoms in total. The van der Waals surface area contributed by atoms with Crippen LogP contribution in [0.15, 0.2) is 42.9 Å². The fourth-order valence-electron chi connectivity index (χ4n) is 3.35. The molecule has 0 fully saturated rings. The average Bonchev–Trinajstić information content (AvgIpc) is 2.69. The fourth-order valence-corrected chi connectivity index (χ4v) is 3.35. The Bertz CT molecular complexity index is 731. The van der Waals surface area contributed by atoms with Gasteiger partial charge < -0.3 is 14.4 Å².